The smallest absolute Gasteiger partial charge is 0.341 e. The van der Waals surface area contributed by atoms with Crippen LogP contribution in [0.2, 0.25) is 0 Å². The number of thiocarbonyl (C=S) groups is 1. The molecular weight excluding hydrogens is 502 g/mol. The van der Waals surface area contributed by atoms with Crippen LogP contribution in [0, 0.1) is 17.0 Å². The van der Waals surface area contributed by atoms with Gasteiger partial charge in [0, 0.05) is 28.9 Å². The number of hydrogen-bond donors (Lipinski definition) is 2. The molecule has 3 aromatic carbocycles. The number of hydrazone groups is 1. The van der Waals surface area contributed by atoms with E-state index in [-0.39, 0.29) is 15.5 Å². The molecule has 1 heterocycles. The van der Waals surface area contributed by atoms with Crippen LogP contribution in [0.1, 0.15) is 11.1 Å². The van der Waals surface area contributed by atoms with Crippen molar-refractivity contribution in [1.29, 1.82) is 0 Å². The van der Waals surface area contributed by atoms with Gasteiger partial charge in [0.25, 0.3) is 0 Å². The number of aromatic nitrogens is 1. The minimum atomic E-state index is -4.41. The topological polar surface area (TPSA) is 136 Å². The summed E-state index contributed by atoms with van der Waals surface area (Å²) < 4.78 is 31.1. The van der Waals surface area contributed by atoms with E-state index in [0.717, 1.165) is 17.3 Å². The summed E-state index contributed by atoms with van der Waals surface area (Å²) in [5.74, 6) is -0.435. The Kier molecular flexibility index (Phi) is 7.17. The van der Waals surface area contributed by atoms with Gasteiger partial charge in [0.1, 0.15) is 4.90 Å². The molecule has 36 heavy (non-hydrogen) atoms. The third kappa shape index (κ3) is 5.62. The fourth-order valence-electron chi connectivity index (χ4n) is 3.30. The highest BCUT2D eigenvalue weighted by atomic mass is 32.2. The van der Waals surface area contributed by atoms with Crippen molar-refractivity contribution < 1.29 is 17.5 Å². The number of pyridine rings is 1. The van der Waals surface area contributed by atoms with Crippen LogP contribution in [0.25, 0.3) is 10.9 Å². The van der Waals surface area contributed by atoms with Crippen LogP contribution in [0.5, 0.6) is 5.75 Å². The normalized spacial score (nSPS) is 11.4. The van der Waals surface area contributed by atoms with Gasteiger partial charge in [0.15, 0.2) is 5.11 Å². The van der Waals surface area contributed by atoms with E-state index in [1.165, 1.54) is 30.6 Å². The Bertz CT molecular complexity index is 1600. The van der Waals surface area contributed by atoms with Crippen molar-refractivity contribution in [3.05, 3.63) is 100 Å². The van der Waals surface area contributed by atoms with Crippen molar-refractivity contribution in [2.45, 2.75) is 11.8 Å². The Morgan fingerprint density at radius 1 is 1.11 bits per heavy atom. The maximum absolute atomic E-state index is 13.0. The molecule has 0 saturated carbocycles. The second kappa shape index (κ2) is 10.5. The minimum absolute atomic E-state index is 0.195. The van der Waals surface area contributed by atoms with Crippen molar-refractivity contribution >= 4 is 55.9 Å². The zero-order chi connectivity index (χ0) is 25.7. The van der Waals surface area contributed by atoms with Gasteiger partial charge in [-0.15, -0.1) is 0 Å². The second-order valence-electron chi connectivity index (χ2n) is 7.49. The Morgan fingerprint density at radius 3 is 2.67 bits per heavy atom. The Labute approximate surface area is 211 Å². The minimum Gasteiger partial charge on any atom is -0.372 e. The summed E-state index contributed by atoms with van der Waals surface area (Å²) in [6, 6.07) is 19.3. The first-order valence-corrected chi connectivity index (χ1v) is 12.3. The van der Waals surface area contributed by atoms with Crippen molar-refractivity contribution in [1.82, 2.24) is 10.4 Å². The molecule has 0 unspecified atom stereocenters. The van der Waals surface area contributed by atoms with Gasteiger partial charge in [-0.25, -0.2) is 0 Å². The molecule has 1 aromatic heterocycles. The van der Waals surface area contributed by atoms with Crippen LogP contribution in [-0.4, -0.2) is 29.7 Å². The number of nitro groups is 1. The fourth-order valence-corrected chi connectivity index (χ4v) is 4.58. The molecule has 0 aliphatic carbocycles. The highest BCUT2D eigenvalue weighted by Gasteiger charge is 2.25. The van der Waals surface area contributed by atoms with E-state index in [9.17, 15) is 18.5 Å². The number of nitrogens with one attached hydrogen (secondary N) is 2. The summed E-state index contributed by atoms with van der Waals surface area (Å²) in [5, 5.41) is 19.4. The standard InChI is InChI=1S/C24H19N5O5S2/c1-16-6-2-3-9-19(16)27-24(35)28-26-15-17-11-12-21(20(14-17)29(30)31)34-36(32,33)22-10-4-7-18-8-5-13-25-23(18)22/h2-15H,1H3,(H2,27,28,35)/b26-15+. The second-order valence-corrected chi connectivity index (χ2v) is 9.42. The number of aryl methyl sites for hydroxylation is 1. The van der Waals surface area contributed by atoms with Crippen LogP contribution >= 0.6 is 12.2 Å². The maximum atomic E-state index is 13.0. The number of nitro benzene ring substituents is 1. The molecule has 0 saturated heterocycles. The summed E-state index contributed by atoms with van der Waals surface area (Å²) in [5.41, 5.74) is 4.41. The number of hydrogen-bond acceptors (Lipinski definition) is 8. The number of nitrogens with zero attached hydrogens (tertiary/aromatic N) is 3. The molecule has 12 heteroatoms. The van der Waals surface area contributed by atoms with E-state index in [2.05, 4.69) is 20.8 Å². The van der Waals surface area contributed by atoms with Gasteiger partial charge in [0.05, 0.1) is 16.7 Å². The summed E-state index contributed by atoms with van der Waals surface area (Å²) in [6.07, 6.45) is 2.76. The molecule has 0 aliphatic rings. The highest BCUT2D eigenvalue weighted by Crippen LogP contribution is 2.31. The molecule has 0 aliphatic heterocycles. The Morgan fingerprint density at radius 2 is 1.89 bits per heavy atom. The molecule has 0 atom stereocenters. The first kappa shape index (κ1) is 24.7. The molecule has 182 valence electrons. The molecule has 0 bridgehead atoms. The predicted molar refractivity (Wildman–Crippen MR) is 141 cm³/mol. The van der Waals surface area contributed by atoms with Gasteiger partial charge in [0.2, 0.25) is 5.75 Å². The van der Waals surface area contributed by atoms with E-state index >= 15 is 0 Å². The number of benzene rings is 3. The quantitative estimate of drug-likeness (QED) is 0.118. The summed E-state index contributed by atoms with van der Waals surface area (Å²) >= 11 is 5.20. The Balaban J connectivity index is 1.52. The van der Waals surface area contributed by atoms with E-state index in [4.69, 9.17) is 16.4 Å². The van der Waals surface area contributed by atoms with E-state index in [1.807, 2.05) is 31.2 Å². The lowest BCUT2D eigenvalue weighted by atomic mass is 10.2. The van der Waals surface area contributed by atoms with Crippen LogP contribution in [0.3, 0.4) is 0 Å². The van der Waals surface area contributed by atoms with E-state index in [0.29, 0.717) is 10.9 Å². The van der Waals surface area contributed by atoms with Gasteiger partial charge in [-0.1, -0.05) is 36.4 Å². The number of rotatable bonds is 7. The monoisotopic (exact) mass is 521 g/mol. The number of para-hydroxylation sites is 2. The van der Waals surface area contributed by atoms with Crippen molar-refractivity contribution in [2.24, 2.45) is 5.10 Å². The van der Waals surface area contributed by atoms with Crippen LogP contribution in [0.15, 0.2) is 89.0 Å². The van der Waals surface area contributed by atoms with Crippen molar-refractivity contribution in [3.8, 4) is 5.75 Å². The van der Waals surface area contributed by atoms with Gasteiger partial charge in [-0.3, -0.25) is 20.5 Å². The van der Waals surface area contributed by atoms with Crippen LogP contribution in [-0.2, 0) is 10.1 Å². The third-order valence-electron chi connectivity index (χ3n) is 5.02. The first-order chi connectivity index (χ1) is 17.2. The maximum Gasteiger partial charge on any atom is 0.341 e. The molecular formula is C24H19N5O5S2. The molecule has 10 nitrogen and oxygen atoms in total. The predicted octanol–water partition coefficient (Wildman–Crippen LogP) is 4.54. The van der Waals surface area contributed by atoms with E-state index < -0.39 is 26.5 Å². The van der Waals surface area contributed by atoms with Gasteiger partial charge < -0.3 is 9.50 Å². The first-order valence-electron chi connectivity index (χ1n) is 10.5. The molecule has 0 fully saturated rings. The van der Waals surface area contributed by atoms with Gasteiger partial charge >= 0.3 is 15.8 Å². The summed E-state index contributed by atoms with van der Waals surface area (Å²) in [6.45, 7) is 1.92. The molecule has 4 aromatic rings. The molecule has 2 N–H and O–H groups in total. The fraction of sp³-hybridized carbons (Fsp3) is 0.0417. The molecule has 0 spiro atoms. The molecule has 0 amide bonds. The highest BCUT2D eigenvalue weighted by molar-refractivity contribution is 7.87. The lowest BCUT2D eigenvalue weighted by Gasteiger charge is -2.10. The third-order valence-corrected chi connectivity index (χ3v) is 6.48. The van der Waals surface area contributed by atoms with Crippen LogP contribution < -0.4 is 14.9 Å². The molecule has 4 rings (SSSR count). The zero-order valence-electron chi connectivity index (χ0n) is 18.8. The SMILES string of the molecule is Cc1ccccc1NC(=S)N/N=C/c1ccc(OS(=O)(=O)c2cccc3cccnc23)c([N+](=O)[O-])c1. The number of anilines is 1. The largest absolute Gasteiger partial charge is 0.372 e. The van der Waals surface area contributed by atoms with Gasteiger partial charge in [-0.2, -0.15) is 13.5 Å². The molecule has 0 radical (unpaired) electrons. The Hall–Kier alpha value is -4.42. The van der Waals surface area contributed by atoms with Gasteiger partial charge in [-0.05, 0) is 55.0 Å². The lowest BCUT2D eigenvalue weighted by molar-refractivity contribution is -0.385. The number of fused-ring (bicyclic) bond motifs is 1. The summed E-state index contributed by atoms with van der Waals surface area (Å²) in [4.78, 5) is 14.8. The average molecular weight is 522 g/mol. The average Bonchev–Trinajstić information content (AvgIpc) is 2.85. The van der Waals surface area contributed by atoms with Crippen molar-refractivity contribution in [3.63, 3.8) is 0 Å². The summed E-state index contributed by atoms with van der Waals surface area (Å²) in [7, 11) is -4.41. The van der Waals surface area contributed by atoms with Crippen LogP contribution in [0.4, 0.5) is 11.4 Å². The van der Waals surface area contributed by atoms with Crippen molar-refractivity contribution in [2.75, 3.05) is 5.32 Å². The zero-order valence-corrected chi connectivity index (χ0v) is 20.4. The lowest BCUT2D eigenvalue weighted by Crippen LogP contribution is -2.24. The van der Waals surface area contributed by atoms with E-state index in [1.54, 1.807) is 24.3 Å².